The number of nitrogens with one attached hydrogen (secondary N) is 1. The fourth-order valence-electron chi connectivity index (χ4n) is 1.70. The summed E-state index contributed by atoms with van der Waals surface area (Å²) in [6.45, 7) is 5.07. The average Bonchev–Trinajstić information content (AvgIpc) is 2.34. The van der Waals surface area contributed by atoms with Gasteiger partial charge in [0.2, 0.25) is 0 Å². The van der Waals surface area contributed by atoms with Crippen molar-refractivity contribution in [1.82, 2.24) is 0 Å². The van der Waals surface area contributed by atoms with Crippen molar-refractivity contribution >= 4 is 5.69 Å². The van der Waals surface area contributed by atoms with Crippen LogP contribution in [0.3, 0.4) is 0 Å². The standard InChI is InChI=1S/C14H19FN2O/c1-14(2,6-3-7-18)10-17-12-5-4-11(9-16)13(15)8-12/h4-5,8,17-18H,3,6-7,10H2,1-2H3. The van der Waals surface area contributed by atoms with Crippen LogP contribution in [0.2, 0.25) is 0 Å². The number of halogens is 1. The monoisotopic (exact) mass is 250 g/mol. The molecule has 18 heavy (non-hydrogen) atoms. The van der Waals surface area contributed by atoms with Crippen molar-refractivity contribution in [1.29, 1.82) is 5.26 Å². The number of aliphatic hydroxyl groups is 1. The fourth-order valence-corrected chi connectivity index (χ4v) is 1.70. The first-order valence-corrected chi connectivity index (χ1v) is 6.03. The second kappa shape index (κ2) is 6.36. The Bertz CT molecular complexity index is 438. The molecule has 2 N–H and O–H groups in total. The summed E-state index contributed by atoms with van der Waals surface area (Å²) in [4.78, 5) is 0. The number of hydrogen-bond acceptors (Lipinski definition) is 3. The van der Waals surface area contributed by atoms with Crippen molar-refractivity contribution in [2.24, 2.45) is 5.41 Å². The van der Waals surface area contributed by atoms with Gasteiger partial charge in [-0.25, -0.2) is 4.39 Å². The maximum atomic E-state index is 13.4. The molecule has 4 heteroatoms. The molecule has 0 aliphatic rings. The number of benzene rings is 1. The highest BCUT2D eigenvalue weighted by molar-refractivity contribution is 5.48. The first-order chi connectivity index (χ1) is 8.48. The van der Waals surface area contributed by atoms with Gasteiger partial charge in [0.15, 0.2) is 0 Å². The number of aliphatic hydroxyl groups excluding tert-OH is 1. The third-order valence-corrected chi connectivity index (χ3v) is 2.87. The van der Waals surface area contributed by atoms with Gasteiger partial charge in [0, 0.05) is 18.8 Å². The third kappa shape index (κ3) is 4.34. The Kier molecular flexibility index (Phi) is 5.11. The van der Waals surface area contributed by atoms with E-state index in [9.17, 15) is 4.39 Å². The molecule has 98 valence electrons. The second-order valence-electron chi connectivity index (χ2n) is 5.15. The SMILES string of the molecule is CC(C)(CCCO)CNc1ccc(C#N)c(F)c1. The Labute approximate surface area is 107 Å². The van der Waals surface area contributed by atoms with Crippen molar-refractivity contribution in [2.45, 2.75) is 26.7 Å². The minimum atomic E-state index is -0.504. The molecule has 0 spiro atoms. The highest BCUT2D eigenvalue weighted by Gasteiger charge is 2.17. The first kappa shape index (κ1) is 14.5. The van der Waals surface area contributed by atoms with Gasteiger partial charge >= 0.3 is 0 Å². The Morgan fingerprint density at radius 1 is 1.44 bits per heavy atom. The summed E-state index contributed by atoms with van der Waals surface area (Å²) in [5.41, 5.74) is 0.760. The highest BCUT2D eigenvalue weighted by atomic mass is 19.1. The number of rotatable bonds is 6. The maximum absolute atomic E-state index is 13.4. The molecule has 1 rings (SSSR count). The van der Waals surface area contributed by atoms with Crippen molar-refractivity contribution in [3.05, 3.63) is 29.6 Å². The molecule has 1 aromatic carbocycles. The van der Waals surface area contributed by atoms with E-state index < -0.39 is 5.82 Å². The smallest absolute Gasteiger partial charge is 0.143 e. The van der Waals surface area contributed by atoms with Crippen LogP contribution in [0.4, 0.5) is 10.1 Å². The minimum Gasteiger partial charge on any atom is -0.396 e. The van der Waals surface area contributed by atoms with Crippen LogP contribution in [0.15, 0.2) is 18.2 Å². The van der Waals surface area contributed by atoms with Crippen molar-refractivity contribution in [2.75, 3.05) is 18.5 Å². The molecule has 0 atom stereocenters. The van der Waals surface area contributed by atoms with E-state index in [4.69, 9.17) is 10.4 Å². The van der Waals surface area contributed by atoms with E-state index in [1.165, 1.54) is 12.1 Å². The zero-order valence-corrected chi connectivity index (χ0v) is 10.8. The first-order valence-electron chi connectivity index (χ1n) is 6.03. The van der Waals surface area contributed by atoms with Crippen LogP contribution < -0.4 is 5.32 Å². The van der Waals surface area contributed by atoms with E-state index in [1.54, 1.807) is 12.1 Å². The molecule has 0 amide bonds. The van der Waals surface area contributed by atoms with E-state index in [0.717, 1.165) is 12.8 Å². The number of hydrogen-bond donors (Lipinski definition) is 2. The third-order valence-electron chi connectivity index (χ3n) is 2.87. The van der Waals surface area contributed by atoms with Crippen LogP contribution in [-0.2, 0) is 0 Å². The van der Waals surface area contributed by atoms with Crippen LogP contribution >= 0.6 is 0 Å². The van der Waals surface area contributed by atoms with Crippen LogP contribution in [0, 0.1) is 22.6 Å². The van der Waals surface area contributed by atoms with Crippen LogP contribution in [-0.4, -0.2) is 18.3 Å². The van der Waals surface area contributed by atoms with Gasteiger partial charge in [-0.05, 0) is 36.5 Å². The van der Waals surface area contributed by atoms with E-state index in [0.29, 0.717) is 12.2 Å². The summed E-state index contributed by atoms with van der Waals surface area (Å²) < 4.78 is 13.4. The van der Waals surface area contributed by atoms with E-state index >= 15 is 0 Å². The summed E-state index contributed by atoms with van der Waals surface area (Å²) in [6.07, 6.45) is 1.66. The molecule has 0 fully saturated rings. The second-order valence-corrected chi connectivity index (χ2v) is 5.15. The fraction of sp³-hybridized carbons (Fsp3) is 0.500. The van der Waals surface area contributed by atoms with Gasteiger partial charge in [-0.1, -0.05) is 13.8 Å². The van der Waals surface area contributed by atoms with Gasteiger partial charge in [-0.15, -0.1) is 0 Å². The van der Waals surface area contributed by atoms with E-state index in [2.05, 4.69) is 19.2 Å². The highest BCUT2D eigenvalue weighted by Crippen LogP contribution is 2.23. The molecule has 0 heterocycles. The Morgan fingerprint density at radius 3 is 2.72 bits per heavy atom. The van der Waals surface area contributed by atoms with Crippen LogP contribution in [0.1, 0.15) is 32.3 Å². The van der Waals surface area contributed by atoms with E-state index in [1.807, 2.05) is 0 Å². The van der Waals surface area contributed by atoms with Crippen molar-refractivity contribution in [3.8, 4) is 6.07 Å². The molecule has 0 bridgehead atoms. The lowest BCUT2D eigenvalue weighted by atomic mass is 9.88. The summed E-state index contributed by atoms with van der Waals surface area (Å²) in [5, 5.41) is 20.6. The lowest BCUT2D eigenvalue weighted by Crippen LogP contribution is -2.23. The van der Waals surface area contributed by atoms with Gasteiger partial charge in [-0.3, -0.25) is 0 Å². The quantitative estimate of drug-likeness (QED) is 0.816. The molecular formula is C14H19FN2O. The Balaban J connectivity index is 2.58. The van der Waals surface area contributed by atoms with Crippen LogP contribution in [0.25, 0.3) is 0 Å². The number of nitriles is 1. The molecule has 0 aromatic heterocycles. The Hall–Kier alpha value is -1.60. The maximum Gasteiger partial charge on any atom is 0.143 e. The van der Waals surface area contributed by atoms with E-state index in [-0.39, 0.29) is 17.6 Å². The molecule has 1 aromatic rings. The molecule has 0 aliphatic heterocycles. The van der Waals surface area contributed by atoms with Crippen LogP contribution in [0.5, 0.6) is 0 Å². The topological polar surface area (TPSA) is 56.0 Å². The summed E-state index contributed by atoms with van der Waals surface area (Å²) in [7, 11) is 0. The molecule has 0 unspecified atom stereocenters. The normalized spacial score (nSPS) is 11.1. The molecule has 0 aliphatic carbocycles. The lowest BCUT2D eigenvalue weighted by molar-refractivity contribution is 0.248. The zero-order chi connectivity index (χ0) is 13.6. The molecule has 0 saturated heterocycles. The summed E-state index contributed by atoms with van der Waals surface area (Å²) in [5.74, 6) is -0.504. The molecule has 0 radical (unpaired) electrons. The van der Waals surface area contributed by atoms with Gasteiger partial charge in [-0.2, -0.15) is 5.26 Å². The Morgan fingerprint density at radius 2 is 2.17 bits per heavy atom. The summed E-state index contributed by atoms with van der Waals surface area (Å²) in [6, 6.07) is 6.29. The largest absolute Gasteiger partial charge is 0.396 e. The van der Waals surface area contributed by atoms with Crippen molar-refractivity contribution in [3.63, 3.8) is 0 Å². The predicted molar refractivity (Wildman–Crippen MR) is 69.7 cm³/mol. The number of anilines is 1. The molecule has 3 nitrogen and oxygen atoms in total. The molecule has 0 saturated carbocycles. The van der Waals surface area contributed by atoms with Gasteiger partial charge in [0.1, 0.15) is 11.9 Å². The van der Waals surface area contributed by atoms with Gasteiger partial charge in [0.25, 0.3) is 0 Å². The van der Waals surface area contributed by atoms with Gasteiger partial charge in [0.05, 0.1) is 5.56 Å². The molecular weight excluding hydrogens is 231 g/mol. The zero-order valence-electron chi connectivity index (χ0n) is 10.8. The summed E-state index contributed by atoms with van der Waals surface area (Å²) >= 11 is 0. The van der Waals surface area contributed by atoms with Gasteiger partial charge < -0.3 is 10.4 Å². The van der Waals surface area contributed by atoms with Crippen molar-refractivity contribution < 1.29 is 9.50 Å². The average molecular weight is 250 g/mol. The lowest BCUT2D eigenvalue weighted by Gasteiger charge is -2.25. The minimum absolute atomic E-state index is 0.0348. The predicted octanol–water partition coefficient (Wildman–Crippen LogP) is 2.91. The number of nitrogens with zero attached hydrogens (tertiary/aromatic N) is 1.